The van der Waals surface area contributed by atoms with Crippen LogP contribution in [0.5, 0.6) is 0 Å². The predicted molar refractivity (Wildman–Crippen MR) is 107 cm³/mol. The number of rotatable bonds is 5. The third kappa shape index (κ3) is 4.97. The summed E-state index contributed by atoms with van der Waals surface area (Å²) in [5.74, 6) is 0.00452. The normalized spacial score (nSPS) is 17.7. The van der Waals surface area contributed by atoms with Gasteiger partial charge >= 0.3 is 0 Å². The predicted octanol–water partition coefficient (Wildman–Crippen LogP) is 3.65. The van der Waals surface area contributed by atoms with Crippen LogP contribution in [-0.4, -0.2) is 40.7 Å². The fraction of sp³-hybridized carbons (Fsp3) is 0.391. The highest BCUT2D eigenvalue weighted by molar-refractivity contribution is 5.82. The van der Waals surface area contributed by atoms with Crippen LogP contribution in [0.4, 0.5) is 4.39 Å². The molecule has 0 unspecified atom stereocenters. The molecule has 0 spiro atoms. The van der Waals surface area contributed by atoms with E-state index in [2.05, 4.69) is 13.8 Å². The largest absolute Gasteiger partial charge is 0.340 e. The summed E-state index contributed by atoms with van der Waals surface area (Å²) in [5, 5.41) is 0. The Morgan fingerprint density at radius 1 is 1.07 bits per heavy atom. The van der Waals surface area contributed by atoms with Crippen LogP contribution in [0.3, 0.4) is 0 Å². The molecule has 1 heterocycles. The maximum absolute atomic E-state index is 13.2. The summed E-state index contributed by atoms with van der Waals surface area (Å²) in [4.78, 5) is 29.4. The van der Waals surface area contributed by atoms with Crippen LogP contribution in [-0.2, 0) is 22.6 Å². The topological polar surface area (TPSA) is 40.6 Å². The number of benzene rings is 2. The first-order valence-electron chi connectivity index (χ1n) is 9.79. The standard InChI is InChI=1S/C23H27FN2O2/c1-17(2)21-16-25(23(28)14-18-6-4-3-5-7-18)13-12-22(27)26(21)15-19-8-10-20(24)11-9-19/h3-11,17,21H,12-16H2,1-2H3/t21-/m1/s1. The SMILES string of the molecule is CC(C)[C@H]1CN(C(=O)Cc2ccccc2)CCC(=O)N1Cc1ccc(F)cc1. The Hall–Kier alpha value is -2.69. The number of hydrogen-bond donors (Lipinski definition) is 0. The van der Waals surface area contributed by atoms with Gasteiger partial charge in [-0.2, -0.15) is 0 Å². The van der Waals surface area contributed by atoms with Gasteiger partial charge in [-0.15, -0.1) is 0 Å². The molecule has 1 aliphatic heterocycles. The summed E-state index contributed by atoms with van der Waals surface area (Å²) < 4.78 is 13.2. The number of halogens is 1. The zero-order valence-electron chi connectivity index (χ0n) is 16.5. The Kier molecular flexibility index (Phi) is 6.45. The van der Waals surface area contributed by atoms with Gasteiger partial charge in [0.05, 0.1) is 12.5 Å². The van der Waals surface area contributed by atoms with Crippen molar-refractivity contribution >= 4 is 11.8 Å². The van der Waals surface area contributed by atoms with Crippen molar-refractivity contribution in [2.75, 3.05) is 13.1 Å². The van der Waals surface area contributed by atoms with Gasteiger partial charge in [-0.05, 0) is 29.2 Å². The molecule has 1 atom stereocenters. The molecule has 0 aromatic heterocycles. The second-order valence-electron chi connectivity index (χ2n) is 7.71. The Bertz CT molecular complexity index is 805. The van der Waals surface area contributed by atoms with E-state index in [9.17, 15) is 14.0 Å². The van der Waals surface area contributed by atoms with Crippen LogP contribution < -0.4 is 0 Å². The molecule has 5 heteroatoms. The Labute approximate surface area is 166 Å². The minimum atomic E-state index is -0.288. The van der Waals surface area contributed by atoms with Gasteiger partial charge in [0.2, 0.25) is 11.8 Å². The lowest BCUT2D eigenvalue weighted by Crippen LogP contribution is -2.47. The van der Waals surface area contributed by atoms with Gasteiger partial charge in [0, 0.05) is 26.1 Å². The first kappa shape index (κ1) is 20.1. The molecule has 2 amide bonds. The van der Waals surface area contributed by atoms with E-state index in [1.807, 2.05) is 40.1 Å². The molecule has 1 fully saturated rings. The van der Waals surface area contributed by atoms with Gasteiger partial charge in [0.25, 0.3) is 0 Å². The van der Waals surface area contributed by atoms with Crippen LogP contribution in [0.15, 0.2) is 54.6 Å². The molecule has 1 aliphatic rings. The maximum Gasteiger partial charge on any atom is 0.227 e. The van der Waals surface area contributed by atoms with Crippen LogP contribution in [0.25, 0.3) is 0 Å². The molecule has 148 valence electrons. The van der Waals surface area contributed by atoms with E-state index in [-0.39, 0.29) is 29.6 Å². The summed E-state index contributed by atoms with van der Waals surface area (Å²) in [7, 11) is 0. The van der Waals surface area contributed by atoms with Crippen LogP contribution in [0.1, 0.15) is 31.4 Å². The van der Waals surface area contributed by atoms with Crippen molar-refractivity contribution < 1.29 is 14.0 Å². The molecule has 3 rings (SSSR count). The minimum absolute atomic E-state index is 0.0398. The van der Waals surface area contributed by atoms with E-state index >= 15 is 0 Å². The number of carbonyl (C=O) groups is 2. The van der Waals surface area contributed by atoms with E-state index in [0.29, 0.717) is 32.5 Å². The Morgan fingerprint density at radius 3 is 2.39 bits per heavy atom. The molecule has 1 saturated heterocycles. The van der Waals surface area contributed by atoms with Gasteiger partial charge in [-0.25, -0.2) is 4.39 Å². The van der Waals surface area contributed by atoms with E-state index in [4.69, 9.17) is 0 Å². The molecule has 0 saturated carbocycles. The molecular weight excluding hydrogens is 355 g/mol. The summed E-state index contributed by atoms with van der Waals surface area (Å²) in [5.41, 5.74) is 1.87. The molecule has 0 bridgehead atoms. The lowest BCUT2D eigenvalue weighted by atomic mass is 10.0. The van der Waals surface area contributed by atoms with Gasteiger partial charge in [0.1, 0.15) is 5.82 Å². The molecular formula is C23H27FN2O2. The average molecular weight is 382 g/mol. The number of nitrogens with zero attached hydrogens (tertiary/aromatic N) is 2. The van der Waals surface area contributed by atoms with E-state index < -0.39 is 0 Å². The summed E-state index contributed by atoms with van der Waals surface area (Å²) in [6.45, 7) is 5.54. The highest BCUT2D eigenvalue weighted by atomic mass is 19.1. The summed E-state index contributed by atoms with van der Waals surface area (Å²) in [6.07, 6.45) is 0.656. The van der Waals surface area contributed by atoms with Gasteiger partial charge in [-0.1, -0.05) is 56.3 Å². The molecule has 0 N–H and O–H groups in total. The molecule has 0 aliphatic carbocycles. The number of carbonyl (C=O) groups excluding carboxylic acids is 2. The molecule has 2 aromatic carbocycles. The van der Waals surface area contributed by atoms with Crippen molar-refractivity contribution in [3.05, 3.63) is 71.5 Å². The number of amides is 2. The minimum Gasteiger partial charge on any atom is -0.340 e. The number of hydrogen-bond acceptors (Lipinski definition) is 2. The summed E-state index contributed by atoms with van der Waals surface area (Å²) in [6, 6.07) is 15.9. The van der Waals surface area contributed by atoms with Crippen LogP contribution >= 0.6 is 0 Å². The second-order valence-corrected chi connectivity index (χ2v) is 7.71. The molecule has 2 aromatic rings. The zero-order valence-corrected chi connectivity index (χ0v) is 16.5. The Morgan fingerprint density at radius 2 is 1.75 bits per heavy atom. The van der Waals surface area contributed by atoms with Crippen LogP contribution in [0.2, 0.25) is 0 Å². The average Bonchev–Trinajstić information content (AvgIpc) is 2.84. The quantitative estimate of drug-likeness (QED) is 0.792. The van der Waals surface area contributed by atoms with E-state index in [0.717, 1.165) is 11.1 Å². The van der Waals surface area contributed by atoms with Crippen molar-refractivity contribution in [2.45, 2.75) is 39.3 Å². The maximum atomic E-state index is 13.2. The lowest BCUT2D eigenvalue weighted by Gasteiger charge is -2.35. The fourth-order valence-corrected chi connectivity index (χ4v) is 3.65. The van der Waals surface area contributed by atoms with E-state index in [1.54, 1.807) is 12.1 Å². The lowest BCUT2D eigenvalue weighted by molar-refractivity contribution is -0.134. The first-order valence-corrected chi connectivity index (χ1v) is 9.79. The highest BCUT2D eigenvalue weighted by Crippen LogP contribution is 2.21. The highest BCUT2D eigenvalue weighted by Gasteiger charge is 2.33. The van der Waals surface area contributed by atoms with Crippen molar-refractivity contribution in [3.8, 4) is 0 Å². The van der Waals surface area contributed by atoms with Crippen molar-refractivity contribution in [3.63, 3.8) is 0 Å². The second kappa shape index (κ2) is 9.00. The van der Waals surface area contributed by atoms with Gasteiger partial charge < -0.3 is 9.80 Å². The zero-order chi connectivity index (χ0) is 20.1. The third-order valence-corrected chi connectivity index (χ3v) is 5.31. The molecule has 4 nitrogen and oxygen atoms in total. The smallest absolute Gasteiger partial charge is 0.227 e. The fourth-order valence-electron chi connectivity index (χ4n) is 3.65. The first-order chi connectivity index (χ1) is 13.4. The van der Waals surface area contributed by atoms with Gasteiger partial charge in [0.15, 0.2) is 0 Å². The van der Waals surface area contributed by atoms with Crippen molar-refractivity contribution in [2.24, 2.45) is 5.92 Å². The van der Waals surface area contributed by atoms with Crippen molar-refractivity contribution in [1.29, 1.82) is 0 Å². The monoisotopic (exact) mass is 382 g/mol. The van der Waals surface area contributed by atoms with E-state index in [1.165, 1.54) is 12.1 Å². The Balaban J connectivity index is 1.75. The molecule has 28 heavy (non-hydrogen) atoms. The van der Waals surface area contributed by atoms with Gasteiger partial charge in [-0.3, -0.25) is 9.59 Å². The molecule has 0 radical (unpaired) electrons. The third-order valence-electron chi connectivity index (χ3n) is 5.31. The van der Waals surface area contributed by atoms with Crippen molar-refractivity contribution in [1.82, 2.24) is 9.80 Å². The van der Waals surface area contributed by atoms with Crippen LogP contribution in [0, 0.1) is 11.7 Å². The summed E-state index contributed by atoms with van der Waals surface area (Å²) >= 11 is 0.